The fourth-order valence-corrected chi connectivity index (χ4v) is 0.173. The molecule has 1 heteroatoms. The monoisotopic (exact) mass is 153 g/mol. The fraction of sp³-hybridized carbons (Fsp3) is 0.500. The first-order valence-electron chi connectivity index (χ1n) is 3.95. The van der Waals surface area contributed by atoms with Gasteiger partial charge in [0.05, 0.1) is 0 Å². The van der Waals surface area contributed by atoms with Crippen LogP contribution < -0.4 is 0 Å². The number of hydrogen-bond acceptors (Lipinski definition) is 1. The van der Waals surface area contributed by atoms with Gasteiger partial charge in [0.1, 0.15) is 0 Å². The predicted molar refractivity (Wildman–Crippen MR) is 54.1 cm³/mol. The van der Waals surface area contributed by atoms with Gasteiger partial charge in [-0.05, 0) is 19.1 Å². The highest BCUT2D eigenvalue weighted by molar-refractivity contribution is 5.90. The summed E-state index contributed by atoms with van der Waals surface area (Å²) in [6, 6.07) is 0. The van der Waals surface area contributed by atoms with E-state index in [4.69, 9.17) is 11.8 Å². The van der Waals surface area contributed by atoms with E-state index in [1.165, 1.54) is 6.08 Å². The maximum atomic E-state index is 6.82. The van der Waals surface area contributed by atoms with Gasteiger partial charge in [0, 0.05) is 5.71 Å². The fourth-order valence-electron chi connectivity index (χ4n) is 0.173. The van der Waals surface area contributed by atoms with E-state index in [9.17, 15) is 0 Å². The number of nitrogens with one attached hydrogen (secondary N) is 1. The molecular formula is C10H19N. The lowest BCUT2D eigenvalue weighted by molar-refractivity contribution is 1.50. The summed E-state index contributed by atoms with van der Waals surface area (Å²) in [6.07, 6.45) is 7.92. The molecule has 0 aliphatic carbocycles. The van der Waals surface area contributed by atoms with Gasteiger partial charge in [0.15, 0.2) is 0 Å². The molecule has 0 aliphatic rings. The summed E-state index contributed by atoms with van der Waals surface area (Å²) >= 11 is 0. The Morgan fingerprint density at radius 1 is 1.27 bits per heavy atom. The van der Waals surface area contributed by atoms with E-state index in [1.807, 2.05) is 27.7 Å². The van der Waals surface area contributed by atoms with Crippen molar-refractivity contribution in [3.05, 3.63) is 12.2 Å². The zero-order chi connectivity index (χ0) is 9.70. The van der Waals surface area contributed by atoms with Crippen molar-refractivity contribution in [1.82, 2.24) is 0 Å². The maximum Gasteiger partial charge on any atom is 0.0289 e. The van der Waals surface area contributed by atoms with E-state index in [1.54, 1.807) is 13.0 Å². The molecule has 0 bridgehead atoms. The molecule has 0 saturated heterocycles. The summed E-state index contributed by atoms with van der Waals surface area (Å²) in [5, 5.41) is 6.82. The molecule has 1 nitrogen and oxygen atoms in total. The summed E-state index contributed by atoms with van der Waals surface area (Å²) in [6.45, 7) is 9.67. The Morgan fingerprint density at radius 3 is 1.73 bits per heavy atom. The van der Waals surface area contributed by atoms with Crippen LogP contribution in [0.15, 0.2) is 12.2 Å². The highest BCUT2D eigenvalue weighted by Gasteiger charge is 1.68. The average Bonchev–Trinajstić information content (AvgIpc) is 2.08. The summed E-state index contributed by atoms with van der Waals surface area (Å²) in [4.78, 5) is 0. The van der Waals surface area contributed by atoms with Gasteiger partial charge in [-0.2, -0.15) is 0 Å². The molecule has 0 saturated carbocycles. The molecule has 0 spiro atoms. The van der Waals surface area contributed by atoms with E-state index < -0.39 is 0 Å². The summed E-state index contributed by atoms with van der Waals surface area (Å²) in [5.41, 5.74) is 0.484. The van der Waals surface area contributed by atoms with Crippen LogP contribution in [0, 0.1) is 17.8 Å². The molecule has 1 N–H and O–H groups in total. The van der Waals surface area contributed by atoms with Gasteiger partial charge in [0.2, 0.25) is 0 Å². The van der Waals surface area contributed by atoms with Crippen molar-refractivity contribution < 1.29 is 0 Å². The molecule has 0 aromatic carbocycles. The largest absolute Gasteiger partial charge is 0.306 e. The minimum absolute atomic E-state index is 0.484. The van der Waals surface area contributed by atoms with Crippen LogP contribution in [0.1, 0.15) is 34.6 Å². The second-order valence-corrected chi connectivity index (χ2v) is 1.18. The van der Waals surface area contributed by atoms with Crippen LogP contribution in [0.25, 0.3) is 0 Å². The second-order valence-electron chi connectivity index (χ2n) is 1.18. The van der Waals surface area contributed by atoms with Crippen LogP contribution in [-0.2, 0) is 0 Å². The molecule has 0 heterocycles. The Labute approximate surface area is 71.0 Å². The van der Waals surface area contributed by atoms with Gasteiger partial charge in [-0.3, -0.25) is 0 Å². The lowest BCUT2D eigenvalue weighted by Crippen LogP contribution is -1.74. The number of allylic oxidation sites excluding steroid dienone is 2. The van der Waals surface area contributed by atoms with Gasteiger partial charge >= 0.3 is 0 Å². The number of hydrogen-bond donors (Lipinski definition) is 1. The number of terminal acetylenes is 1. The Balaban J connectivity index is -0.000000138. The van der Waals surface area contributed by atoms with Crippen LogP contribution in [0.3, 0.4) is 0 Å². The minimum Gasteiger partial charge on any atom is -0.306 e. The molecule has 0 rings (SSSR count). The standard InChI is InChI=1S/C6H7N.2C2H6/c1-3-4-5-6(2)7;2*1-2/h1,4-5,7H,2H3;2*1-2H3/b5-4-,7-6?;;. The van der Waals surface area contributed by atoms with Crippen LogP contribution in [-0.4, -0.2) is 5.71 Å². The molecule has 0 unspecified atom stereocenters. The smallest absolute Gasteiger partial charge is 0.0289 e. The molecule has 0 atom stereocenters. The van der Waals surface area contributed by atoms with Crippen molar-refractivity contribution in [1.29, 1.82) is 5.41 Å². The quantitative estimate of drug-likeness (QED) is 0.441. The summed E-state index contributed by atoms with van der Waals surface area (Å²) in [5.74, 6) is 2.28. The molecule has 0 aromatic heterocycles. The Bertz CT molecular complexity index is 126. The molecule has 0 radical (unpaired) electrons. The molecule has 0 fully saturated rings. The van der Waals surface area contributed by atoms with Crippen molar-refractivity contribution in [2.45, 2.75) is 34.6 Å². The average molecular weight is 153 g/mol. The van der Waals surface area contributed by atoms with Crippen molar-refractivity contribution >= 4 is 5.71 Å². The van der Waals surface area contributed by atoms with E-state index in [0.29, 0.717) is 5.71 Å². The first kappa shape index (κ1) is 16.5. The van der Waals surface area contributed by atoms with E-state index in [0.717, 1.165) is 0 Å². The first-order valence-corrected chi connectivity index (χ1v) is 3.95. The number of rotatable bonds is 1. The lowest BCUT2D eigenvalue weighted by Gasteiger charge is -1.73. The molecule has 0 aromatic rings. The van der Waals surface area contributed by atoms with Crippen molar-refractivity contribution in [3.8, 4) is 12.3 Å². The van der Waals surface area contributed by atoms with Crippen LogP contribution in [0.4, 0.5) is 0 Å². The van der Waals surface area contributed by atoms with Gasteiger partial charge in [-0.15, -0.1) is 6.42 Å². The molecule has 0 aliphatic heterocycles. The van der Waals surface area contributed by atoms with E-state index >= 15 is 0 Å². The highest BCUT2D eigenvalue weighted by Crippen LogP contribution is 1.70. The third-order valence-corrected chi connectivity index (χ3v) is 0.430. The SMILES string of the molecule is C#C/C=C\C(C)=N.CC.CC. The van der Waals surface area contributed by atoms with E-state index in [2.05, 4.69) is 5.92 Å². The first-order chi connectivity index (χ1) is 5.27. The molecule has 11 heavy (non-hydrogen) atoms. The van der Waals surface area contributed by atoms with Gasteiger partial charge in [-0.25, -0.2) is 0 Å². The molecule has 64 valence electrons. The van der Waals surface area contributed by atoms with Crippen molar-refractivity contribution in [2.24, 2.45) is 0 Å². The van der Waals surface area contributed by atoms with Crippen LogP contribution in [0.2, 0.25) is 0 Å². The minimum atomic E-state index is 0.484. The predicted octanol–water partition coefficient (Wildman–Crippen LogP) is 3.27. The normalized spacial score (nSPS) is 6.55. The Hall–Kier alpha value is -1.03. The topological polar surface area (TPSA) is 23.9 Å². The lowest BCUT2D eigenvalue weighted by atomic mass is 10.4. The van der Waals surface area contributed by atoms with Crippen LogP contribution >= 0.6 is 0 Å². The summed E-state index contributed by atoms with van der Waals surface area (Å²) in [7, 11) is 0. The molecule has 0 amide bonds. The Kier molecular flexibility index (Phi) is 34.6. The second kappa shape index (κ2) is 23.1. The van der Waals surface area contributed by atoms with E-state index in [-0.39, 0.29) is 0 Å². The van der Waals surface area contributed by atoms with Gasteiger partial charge in [-0.1, -0.05) is 33.6 Å². The van der Waals surface area contributed by atoms with Gasteiger partial charge < -0.3 is 5.41 Å². The third kappa shape index (κ3) is 49.4. The van der Waals surface area contributed by atoms with Crippen molar-refractivity contribution in [2.75, 3.05) is 0 Å². The van der Waals surface area contributed by atoms with Gasteiger partial charge in [0.25, 0.3) is 0 Å². The molecular weight excluding hydrogens is 134 g/mol. The maximum absolute atomic E-state index is 6.82. The third-order valence-electron chi connectivity index (χ3n) is 0.430. The Morgan fingerprint density at radius 2 is 1.64 bits per heavy atom. The zero-order valence-corrected chi connectivity index (χ0v) is 8.23. The van der Waals surface area contributed by atoms with Crippen LogP contribution in [0.5, 0.6) is 0 Å². The van der Waals surface area contributed by atoms with Crippen molar-refractivity contribution in [3.63, 3.8) is 0 Å². The zero-order valence-electron chi connectivity index (χ0n) is 8.23. The summed E-state index contributed by atoms with van der Waals surface area (Å²) < 4.78 is 0. The highest BCUT2D eigenvalue weighted by atomic mass is 14.4.